The maximum absolute atomic E-state index is 13.9. The van der Waals surface area contributed by atoms with Gasteiger partial charge in [0.15, 0.2) is 0 Å². The van der Waals surface area contributed by atoms with E-state index in [-0.39, 0.29) is 5.56 Å². The Morgan fingerprint density at radius 1 is 1.10 bits per heavy atom. The first kappa shape index (κ1) is 15.5. The number of benzene rings is 2. The van der Waals surface area contributed by atoms with Crippen molar-refractivity contribution in [3.05, 3.63) is 65.5 Å². The summed E-state index contributed by atoms with van der Waals surface area (Å²) in [6.07, 6.45) is -0.499. The van der Waals surface area contributed by atoms with Gasteiger partial charge in [0.2, 0.25) is 0 Å². The Morgan fingerprint density at radius 2 is 1.81 bits per heavy atom. The van der Waals surface area contributed by atoms with Gasteiger partial charge in [-0.1, -0.05) is 44.2 Å². The highest BCUT2D eigenvalue weighted by molar-refractivity contribution is 5.32. The quantitative estimate of drug-likeness (QED) is 0.865. The van der Waals surface area contributed by atoms with Gasteiger partial charge < -0.3 is 9.84 Å². The van der Waals surface area contributed by atoms with Crippen LogP contribution in [0.25, 0.3) is 0 Å². The van der Waals surface area contributed by atoms with E-state index in [0.29, 0.717) is 24.7 Å². The average molecular weight is 288 g/mol. The molecular weight excluding hydrogens is 267 g/mol. The van der Waals surface area contributed by atoms with Crippen LogP contribution in [0.5, 0.6) is 5.75 Å². The second-order valence-corrected chi connectivity index (χ2v) is 5.59. The van der Waals surface area contributed by atoms with E-state index in [2.05, 4.69) is 13.8 Å². The maximum Gasteiger partial charge on any atom is 0.129 e. The van der Waals surface area contributed by atoms with E-state index in [9.17, 15) is 9.50 Å². The molecule has 0 fully saturated rings. The highest BCUT2D eigenvalue weighted by Crippen LogP contribution is 2.25. The van der Waals surface area contributed by atoms with Crippen molar-refractivity contribution in [1.29, 1.82) is 0 Å². The molecule has 2 aromatic carbocycles. The number of rotatable bonds is 6. The Hall–Kier alpha value is -1.87. The van der Waals surface area contributed by atoms with E-state index in [1.54, 1.807) is 12.1 Å². The molecular formula is C18H21FO2. The monoisotopic (exact) mass is 288 g/mol. The first-order valence-corrected chi connectivity index (χ1v) is 7.20. The first-order valence-electron chi connectivity index (χ1n) is 7.20. The SMILES string of the molecule is CC(C)COc1ccc(F)c(C(O)Cc2ccccc2)c1. The normalized spacial score (nSPS) is 12.4. The van der Waals surface area contributed by atoms with Crippen molar-refractivity contribution >= 4 is 0 Å². The minimum absolute atomic E-state index is 0.278. The minimum Gasteiger partial charge on any atom is -0.493 e. The molecule has 0 aliphatic carbocycles. The molecule has 3 heteroatoms. The van der Waals surface area contributed by atoms with Gasteiger partial charge in [-0.2, -0.15) is 0 Å². The fourth-order valence-corrected chi connectivity index (χ4v) is 2.08. The summed E-state index contributed by atoms with van der Waals surface area (Å²) in [7, 11) is 0. The highest BCUT2D eigenvalue weighted by atomic mass is 19.1. The smallest absolute Gasteiger partial charge is 0.129 e. The molecule has 0 radical (unpaired) electrons. The summed E-state index contributed by atoms with van der Waals surface area (Å²) in [5.74, 6) is 0.579. The van der Waals surface area contributed by atoms with Crippen LogP contribution < -0.4 is 4.74 Å². The van der Waals surface area contributed by atoms with E-state index in [1.807, 2.05) is 30.3 Å². The van der Waals surface area contributed by atoms with Gasteiger partial charge in [-0.25, -0.2) is 4.39 Å². The summed E-state index contributed by atoms with van der Waals surface area (Å²) in [5.41, 5.74) is 1.25. The summed E-state index contributed by atoms with van der Waals surface area (Å²) in [6.45, 7) is 4.67. The molecule has 112 valence electrons. The predicted molar refractivity (Wildman–Crippen MR) is 81.8 cm³/mol. The molecule has 0 saturated carbocycles. The Labute approximate surface area is 125 Å². The lowest BCUT2D eigenvalue weighted by Gasteiger charge is -2.15. The average Bonchev–Trinajstić information content (AvgIpc) is 2.47. The van der Waals surface area contributed by atoms with Crippen LogP contribution >= 0.6 is 0 Å². The lowest BCUT2D eigenvalue weighted by molar-refractivity contribution is 0.172. The largest absolute Gasteiger partial charge is 0.493 e. The van der Waals surface area contributed by atoms with E-state index in [1.165, 1.54) is 6.07 Å². The number of ether oxygens (including phenoxy) is 1. The van der Waals surface area contributed by atoms with Crippen LogP contribution in [0.2, 0.25) is 0 Å². The van der Waals surface area contributed by atoms with Crippen LogP contribution in [0.15, 0.2) is 48.5 Å². The highest BCUT2D eigenvalue weighted by Gasteiger charge is 2.15. The lowest BCUT2D eigenvalue weighted by Crippen LogP contribution is -2.07. The van der Waals surface area contributed by atoms with Crippen molar-refractivity contribution in [2.75, 3.05) is 6.61 Å². The second-order valence-electron chi connectivity index (χ2n) is 5.59. The summed E-state index contributed by atoms with van der Waals surface area (Å²) < 4.78 is 19.5. The lowest BCUT2D eigenvalue weighted by atomic mass is 10.0. The third kappa shape index (κ3) is 4.57. The van der Waals surface area contributed by atoms with E-state index in [4.69, 9.17) is 4.74 Å². The van der Waals surface area contributed by atoms with Crippen molar-refractivity contribution in [3.63, 3.8) is 0 Å². The third-order valence-electron chi connectivity index (χ3n) is 3.18. The minimum atomic E-state index is -0.880. The Bertz CT molecular complexity index is 567. The number of halogens is 1. The van der Waals surface area contributed by atoms with Gasteiger partial charge in [-0.05, 0) is 29.7 Å². The summed E-state index contributed by atoms with van der Waals surface area (Å²) in [6, 6.07) is 14.1. The molecule has 21 heavy (non-hydrogen) atoms. The van der Waals surface area contributed by atoms with Crippen molar-refractivity contribution in [3.8, 4) is 5.75 Å². The summed E-state index contributed by atoms with van der Waals surface area (Å²) >= 11 is 0. The summed E-state index contributed by atoms with van der Waals surface area (Å²) in [5, 5.41) is 10.3. The topological polar surface area (TPSA) is 29.5 Å². The Balaban J connectivity index is 2.12. The molecule has 0 heterocycles. The van der Waals surface area contributed by atoms with Crippen LogP contribution in [0.3, 0.4) is 0 Å². The molecule has 0 bridgehead atoms. The Kier molecular flexibility index (Phi) is 5.34. The number of aliphatic hydroxyl groups is 1. The molecule has 0 aliphatic heterocycles. The van der Waals surface area contributed by atoms with Gasteiger partial charge in [0.25, 0.3) is 0 Å². The molecule has 0 spiro atoms. The van der Waals surface area contributed by atoms with E-state index >= 15 is 0 Å². The van der Waals surface area contributed by atoms with Gasteiger partial charge in [0, 0.05) is 12.0 Å². The van der Waals surface area contributed by atoms with Crippen LogP contribution in [-0.4, -0.2) is 11.7 Å². The molecule has 1 unspecified atom stereocenters. The number of hydrogen-bond donors (Lipinski definition) is 1. The zero-order valence-electron chi connectivity index (χ0n) is 12.4. The van der Waals surface area contributed by atoms with E-state index < -0.39 is 11.9 Å². The molecule has 0 aromatic heterocycles. The van der Waals surface area contributed by atoms with Crippen molar-refractivity contribution in [2.24, 2.45) is 5.92 Å². The van der Waals surface area contributed by atoms with Gasteiger partial charge in [-0.15, -0.1) is 0 Å². The molecule has 1 N–H and O–H groups in total. The van der Waals surface area contributed by atoms with Crippen LogP contribution in [0.1, 0.15) is 31.1 Å². The zero-order valence-corrected chi connectivity index (χ0v) is 12.4. The Morgan fingerprint density at radius 3 is 2.48 bits per heavy atom. The van der Waals surface area contributed by atoms with Gasteiger partial charge >= 0.3 is 0 Å². The van der Waals surface area contributed by atoms with E-state index in [0.717, 1.165) is 5.56 Å². The maximum atomic E-state index is 13.9. The van der Waals surface area contributed by atoms with Crippen LogP contribution in [0.4, 0.5) is 4.39 Å². The van der Waals surface area contributed by atoms with Crippen molar-refractivity contribution < 1.29 is 14.2 Å². The zero-order chi connectivity index (χ0) is 15.2. The fraction of sp³-hybridized carbons (Fsp3) is 0.333. The van der Waals surface area contributed by atoms with Crippen LogP contribution in [0, 0.1) is 11.7 Å². The molecule has 0 amide bonds. The molecule has 2 rings (SSSR count). The van der Waals surface area contributed by atoms with Gasteiger partial charge in [0.1, 0.15) is 11.6 Å². The molecule has 2 aromatic rings. The fourth-order valence-electron chi connectivity index (χ4n) is 2.08. The third-order valence-corrected chi connectivity index (χ3v) is 3.18. The predicted octanol–water partition coefficient (Wildman–Crippen LogP) is 4.14. The number of hydrogen-bond acceptors (Lipinski definition) is 2. The summed E-state index contributed by atoms with van der Waals surface area (Å²) in [4.78, 5) is 0. The van der Waals surface area contributed by atoms with Gasteiger partial charge in [-0.3, -0.25) is 0 Å². The van der Waals surface area contributed by atoms with Crippen LogP contribution in [-0.2, 0) is 6.42 Å². The molecule has 2 nitrogen and oxygen atoms in total. The molecule has 0 aliphatic rings. The number of aliphatic hydroxyl groups excluding tert-OH is 1. The van der Waals surface area contributed by atoms with Crippen molar-refractivity contribution in [1.82, 2.24) is 0 Å². The van der Waals surface area contributed by atoms with Gasteiger partial charge in [0.05, 0.1) is 12.7 Å². The second kappa shape index (κ2) is 7.23. The van der Waals surface area contributed by atoms with Crippen molar-refractivity contribution in [2.45, 2.75) is 26.4 Å². The standard InChI is InChI=1S/C18H21FO2/c1-13(2)12-21-15-8-9-17(19)16(11-15)18(20)10-14-6-4-3-5-7-14/h3-9,11,13,18,20H,10,12H2,1-2H3. The first-order chi connectivity index (χ1) is 10.1. The molecule has 1 atom stereocenters. The molecule has 0 saturated heterocycles.